The summed E-state index contributed by atoms with van der Waals surface area (Å²) in [5.41, 5.74) is 1.92. The Morgan fingerprint density at radius 3 is 2.18 bits per heavy atom. The summed E-state index contributed by atoms with van der Waals surface area (Å²) in [7, 11) is 0. The van der Waals surface area contributed by atoms with Gasteiger partial charge in [-0.05, 0) is 18.6 Å². The number of carbonyl (C=O) groups excluding carboxylic acids is 1. The number of carbonyl (C=O) groups is 1. The Hall–Kier alpha value is -1.49. The van der Waals surface area contributed by atoms with Crippen LogP contribution in [0.5, 0.6) is 0 Å². The summed E-state index contributed by atoms with van der Waals surface area (Å²) in [5, 5.41) is 0.767. The Bertz CT molecular complexity index is 638. The molecule has 0 aliphatic carbocycles. The van der Waals surface area contributed by atoms with Gasteiger partial charge in [0.1, 0.15) is 0 Å². The molecule has 0 amide bonds. The minimum atomic E-state index is -0.159. The van der Waals surface area contributed by atoms with E-state index < -0.39 is 0 Å². The molecule has 2 rings (SSSR count). The number of imidazole rings is 1. The van der Waals surface area contributed by atoms with E-state index in [1.54, 1.807) is 0 Å². The molecule has 28 heavy (non-hydrogen) atoms. The van der Waals surface area contributed by atoms with Gasteiger partial charge in [-0.25, -0.2) is 4.98 Å². The van der Waals surface area contributed by atoms with Gasteiger partial charge < -0.3 is 9.72 Å². The molecule has 0 radical (unpaired) electrons. The number of thioether (sulfide) groups is 1. The van der Waals surface area contributed by atoms with E-state index in [0.29, 0.717) is 12.4 Å². The second-order valence-corrected chi connectivity index (χ2v) is 8.42. The van der Waals surface area contributed by atoms with Crippen LogP contribution in [0.4, 0.5) is 0 Å². The molecule has 1 N–H and O–H groups in total. The average molecular weight is 405 g/mol. The van der Waals surface area contributed by atoms with E-state index in [4.69, 9.17) is 4.74 Å². The number of nitrogens with one attached hydrogen (secondary N) is 1. The van der Waals surface area contributed by atoms with Crippen molar-refractivity contribution in [2.45, 2.75) is 89.1 Å². The van der Waals surface area contributed by atoms with E-state index in [9.17, 15) is 4.79 Å². The van der Waals surface area contributed by atoms with Crippen LogP contribution in [0.2, 0.25) is 0 Å². The molecule has 1 heterocycles. The topological polar surface area (TPSA) is 55.0 Å². The summed E-state index contributed by atoms with van der Waals surface area (Å²) >= 11 is 1.40. The number of ether oxygens (including phenoxy) is 1. The van der Waals surface area contributed by atoms with Gasteiger partial charge in [0.15, 0.2) is 5.16 Å². The maximum Gasteiger partial charge on any atom is 0.316 e. The van der Waals surface area contributed by atoms with Crippen LogP contribution in [-0.4, -0.2) is 28.3 Å². The van der Waals surface area contributed by atoms with Crippen LogP contribution in [0.25, 0.3) is 11.0 Å². The van der Waals surface area contributed by atoms with Crippen molar-refractivity contribution in [2.24, 2.45) is 0 Å². The summed E-state index contributed by atoms with van der Waals surface area (Å²) in [4.78, 5) is 19.5. The lowest BCUT2D eigenvalue weighted by Crippen LogP contribution is -2.08. The molecule has 5 heteroatoms. The number of benzene rings is 1. The predicted octanol–water partition coefficient (Wildman–Crippen LogP) is 6.90. The molecule has 1 aromatic carbocycles. The second kappa shape index (κ2) is 14.5. The lowest BCUT2D eigenvalue weighted by atomic mass is 10.1. The van der Waals surface area contributed by atoms with Crippen molar-refractivity contribution < 1.29 is 9.53 Å². The van der Waals surface area contributed by atoms with Gasteiger partial charge in [0.25, 0.3) is 0 Å². The molecule has 0 aliphatic rings. The van der Waals surface area contributed by atoms with Crippen molar-refractivity contribution in [1.29, 1.82) is 0 Å². The molecule has 2 aromatic rings. The number of hydrogen-bond acceptors (Lipinski definition) is 4. The molecule has 0 spiro atoms. The number of para-hydroxylation sites is 2. The number of aromatic amines is 1. The Morgan fingerprint density at radius 1 is 0.929 bits per heavy atom. The molecule has 0 saturated carbocycles. The molecule has 0 saturated heterocycles. The predicted molar refractivity (Wildman–Crippen MR) is 119 cm³/mol. The maximum atomic E-state index is 11.8. The van der Waals surface area contributed by atoms with Crippen molar-refractivity contribution in [1.82, 2.24) is 9.97 Å². The van der Waals surface area contributed by atoms with E-state index in [0.717, 1.165) is 29.0 Å². The van der Waals surface area contributed by atoms with Gasteiger partial charge in [0.2, 0.25) is 0 Å². The molecule has 156 valence electrons. The number of rotatable bonds is 16. The van der Waals surface area contributed by atoms with E-state index >= 15 is 0 Å². The monoisotopic (exact) mass is 404 g/mol. The number of unbranched alkanes of at least 4 members (excludes halogenated alkanes) is 11. The number of esters is 1. The van der Waals surface area contributed by atoms with Crippen molar-refractivity contribution >= 4 is 28.8 Å². The highest BCUT2D eigenvalue weighted by atomic mass is 32.2. The Morgan fingerprint density at radius 2 is 1.54 bits per heavy atom. The van der Waals surface area contributed by atoms with E-state index in [1.165, 1.54) is 76.0 Å². The maximum absolute atomic E-state index is 11.8. The zero-order valence-electron chi connectivity index (χ0n) is 17.4. The summed E-state index contributed by atoms with van der Waals surface area (Å²) in [6, 6.07) is 7.87. The molecule has 0 atom stereocenters. The zero-order chi connectivity index (χ0) is 19.9. The first-order valence-corrected chi connectivity index (χ1v) is 12.0. The van der Waals surface area contributed by atoms with Crippen LogP contribution in [0.1, 0.15) is 84.0 Å². The third-order valence-electron chi connectivity index (χ3n) is 4.96. The second-order valence-electron chi connectivity index (χ2n) is 7.46. The minimum Gasteiger partial charge on any atom is -0.465 e. The number of fused-ring (bicyclic) bond motifs is 1. The van der Waals surface area contributed by atoms with Crippen molar-refractivity contribution in [2.75, 3.05) is 12.4 Å². The highest BCUT2D eigenvalue weighted by Crippen LogP contribution is 2.19. The normalized spacial score (nSPS) is 11.2. The summed E-state index contributed by atoms with van der Waals surface area (Å²) in [6.07, 6.45) is 15.7. The minimum absolute atomic E-state index is 0.159. The largest absolute Gasteiger partial charge is 0.465 e. The van der Waals surface area contributed by atoms with E-state index in [2.05, 4.69) is 16.9 Å². The number of hydrogen-bond donors (Lipinski definition) is 1. The lowest BCUT2D eigenvalue weighted by molar-refractivity contribution is -0.140. The van der Waals surface area contributed by atoms with Crippen molar-refractivity contribution in [3.05, 3.63) is 24.3 Å². The van der Waals surface area contributed by atoms with Gasteiger partial charge in [0.05, 0.1) is 23.4 Å². The van der Waals surface area contributed by atoms with Crippen LogP contribution in [0, 0.1) is 0 Å². The fourth-order valence-corrected chi connectivity index (χ4v) is 3.98. The Balaban J connectivity index is 1.39. The summed E-state index contributed by atoms with van der Waals surface area (Å²) < 4.78 is 5.33. The lowest BCUT2D eigenvalue weighted by Gasteiger charge is -2.05. The SMILES string of the molecule is CCCCCCCCCCCCCCOC(=O)CSc1nc2ccccc2[nH]1. The number of nitrogens with zero attached hydrogens (tertiary/aromatic N) is 1. The van der Waals surface area contributed by atoms with Crippen molar-refractivity contribution in [3.8, 4) is 0 Å². The molecular formula is C23H36N2O2S. The molecule has 4 nitrogen and oxygen atoms in total. The van der Waals surface area contributed by atoms with Crippen LogP contribution in [0.15, 0.2) is 29.4 Å². The molecule has 0 unspecified atom stereocenters. The molecule has 1 aromatic heterocycles. The first-order valence-electron chi connectivity index (χ1n) is 11.0. The van der Waals surface area contributed by atoms with Crippen molar-refractivity contribution in [3.63, 3.8) is 0 Å². The fraction of sp³-hybridized carbons (Fsp3) is 0.652. The molecular weight excluding hydrogens is 368 g/mol. The van der Waals surface area contributed by atoms with Gasteiger partial charge in [-0.2, -0.15) is 0 Å². The van der Waals surface area contributed by atoms with Gasteiger partial charge in [-0.3, -0.25) is 4.79 Å². The first-order chi connectivity index (χ1) is 13.8. The average Bonchev–Trinajstić information content (AvgIpc) is 3.13. The van der Waals surface area contributed by atoms with Crippen LogP contribution >= 0.6 is 11.8 Å². The quantitative estimate of drug-likeness (QED) is 0.188. The molecule has 0 bridgehead atoms. The smallest absolute Gasteiger partial charge is 0.316 e. The van der Waals surface area contributed by atoms with E-state index in [-0.39, 0.29) is 5.97 Å². The fourth-order valence-electron chi connectivity index (χ4n) is 3.30. The number of H-pyrrole nitrogens is 1. The van der Waals surface area contributed by atoms with Crippen LogP contribution in [-0.2, 0) is 9.53 Å². The van der Waals surface area contributed by atoms with Crippen LogP contribution < -0.4 is 0 Å². The highest BCUT2D eigenvalue weighted by molar-refractivity contribution is 7.99. The highest BCUT2D eigenvalue weighted by Gasteiger charge is 2.07. The van der Waals surface area contributed by atoms with Gasteiger partial charge in [0, 0.05) is 0 Å². The molecule has 0 aliphatic heterocycles. The molecule has 0 fully saturated rings. The summed E-state index contributed by atoms with van der Waals surface area (Å²) in [6.45, 7) is 2.80. The standard InChI is InChI=1S/C23H36N2O2S/c1-2-3-4-5-6-7-8-9-10-11-12-15-18-27-22(26)19-28-23-24-20-16-13-14-17-21(20)25-23/h13-14,16-17H,2-12,15,18-19H2,1H3,(H,24,25). The zero-order valence-corrected chi connectivity index (χ0v) is 18.2. The third-order valence-corrected chi connectivity index (χ3v) is 5.80. The van der Waals surface area contributed by atoms with E-state index in [1.807, 2.05) is 24.3 Å². The van der Waals surface area contributed by atoms with Gasteiger partial charge in [-0.15, -0.1) is 0 Å². The Labute approximate surface area is 174 Å². The number of aromatic nitrogens is 2. The summed E-state index contributed by atoms with van der Waals surface area (Å²) in [5.74, 6) is 0.145. The van der Waals surface area contributed by atoms with Gasteiger partial charge >= 0.3 is 5.97 Å². The van der Waals surface area contributed by atoms with Gasteiger partial charge in [-0.1, -0.05) is 101 Å². The Kier molecular flexibility index (Phi) is 11.8. The first kappa shape index (κ1) is 22.8. The van der Waals surface area contributed by atoms with Crippen LogP contribution in [0.3, 0.4) is 0 Å². The third kappa shape index (κ3) is 9.63.